The molecule has 0 aliphatic rings. The Kier molecular flexibility index (Phi) is 3.06. The molecule has 0 spiro atoms. The van der Waals surface area contributed by atoms with E-state index in [1.54, 1.807) is 17.9 Å². The second-order valence-corrected chi connectivity index (χ2v) is 5.04. The third-order valence-electron chi connectivity index (χ3n) is 3.30. The molecule has 20 heavy (non-hydrogen) atoms. The van der Waals surface area contributed by atoms with Gasteiger partial charge in [-0.1, -0.05) is 12.1 Å². The fraction of sp³-hybridized carbons (Fsp3) is 0.231. The van der Waals surface area contributed by atoms with Gasteiger partial charge < -0.3 is 0 Å². The molecule has 102 valence electrons. The third kappa shape index (κ3) is 2.00. The second kappa shape index (κ2) is 4.75. The lowest BCUT2D eigenvalue weighted by Gasteiger charge is -2.09. The average Bonchev–Trinajstić information content (AvgIpc) is 2.99. The number of aryl methyl sites for hydroxylation is 2. The first-order valence-electron chi connectivity index (χ1n) is 6.16. The number of nitrogens with zero attached hydrogens (tertiary/aromatic N) is 6. The Hall–Kier alpha value is -2.15. The molecule has 3 rings (SSSR count). The van der Waals surface area contributed by atoms with Crippen molar-refractivity contribution >= 4 is 12.6 Å². The number of benzene rings is 1. The summed E-state index contributed by atoms with van der Waals surface area (Å²) in [6.07, 6.45) is 1.71. The molecule has 2 aromatic heterocycles. The van der Waals surface area contributed by atoms with E-state index in [0.717, 1.165) is 11.3 Å². The summed E-state index contributed by atoms with van der Waals surface area (Å²) >= 11 is 4.56. The summed E-state index contributed by atoms with van der Waals surface area (Å²) in [5.41, 5.74) is 4.15. The van der Waals surface area contributed by atoms with Gasteiger partial charge in [0, 0.05) is 0 Å². The minimum atomic E-state index is 0.522. The van der Waals surface area contributed by atoms with E-state index < -0.39 is 0 Å². The van der Waals surface area contributed by atoms with Crippen LogP contribution in [0.2, 0.25) is 0 Å². The van der Waals surface area contributed by atoms with Crippen molar-refractivity contribution in [3.8, 4) is 17.1 Å². The van der Waals surface area contributed by atoms with E-state index in [-0.39, 0.29) is 0 Å². The molecule has 0 atom stereocenters. The fourth-order valence-corrected chi connectivity index (χ4v) is 2.35. The Balaban J connectivity index is 2.13. The quantitative estimate of drug-likeness (QED) is 0.732. The number of tetrazole rings is 1. The molecule has 0 bridgehead atoms. The molecule has 0 unspecified atom stereocenters. The monoisotopic (exact) mass is 286 g/mol. The normalized spacial score (nSPS) is 11.0. The van der Waals surface area contributed by atoms with E-state index in [1.165, 1.54) is 15.9 Å². The number of rotatable bonds is 2. The van der Waals surface area contributed by atoms with Crippen LogP contribution in [-0.2, 0) is 7.05 Å². The smallest absolute Gasteiger partial charge is 0.209 e. The zero-order valence-corrected chi connectivity index (χ0v) is 12.3. The largest absolute Gasteiger partial charge is 0.226 e. The molecule has 6 nitrogen and oxygen atoms in total. The van der Waals surface area contributed by atoms with E-state index in [9.17, 15) is 0 Å². The number of thiol groups is 1. The maximum atomic E-state index is 4.56. The lowest BCUT2D eigenvalue weighted by Crippen LogP contribution is -2.01. The molecule has 3 aromatic rings. The molecule has 7 heteroatoms. The molecule has 0 aliphatic carbocycles. The zero-order chi connectivity index (χ0) is 14.3. The average molecular weight is 286 g/mol. The molecular weight excluding hydrogens is 272 g/mol. The highest BCUT2D eigenvalue weighted by Gasteiger charge is 2.16. The van der Waals surface area contributed by atoms with Gasteiger partial charge in [0.05, 0.1) is 24.5 Å². The third-order valence-corrected chi connectivity index (χ3v) is 3.73. The Labute approximate surface area is 121 Å². The molecule has 0 N–H and O–H groups in total. The van der Waals surface area contributed by atoms with Gasteiger partial charge in [-0.3, -0.25) is 0 Å². The summed E-state index contributed by atoms with van der Waals surface area (Å²) in [6.45, 7) is 4.14. The van der Waals surface area contributed by atoms with Crippen LogP contribution in [0.1, 0.15) is 11.1 Å². The van der Waals surface area contributed by atoms with Gasteiger partial charge in [0.15, 0.2) is 0 Å². The van der Waals surface area contributed by atoms with Gasteiger partial charge in [0.25, 0.3) is 0 Å². The number of hydrogen-bond donors (Lipinski definition) is 1. The number of aromatic nitrogens is 6. The highest BCUT2D eigenvalue weighted by atomic mass is 32.1. The highest BCUT2D eigenvalue weighted by molar-refractivity contribution is 7.80. The highest BCUT2D eigenvalue weighted by Crippen LogP contribution is 2.27. The van der Waals surface area contributed by atoms with Gasteiger partial charge in [-0.25, -0.2) is 4.68 Å². The molecule has 0 saturated carbocycles. The van der Waals surface area contributed by atoms with Crippen molar-refractivity contribution in [3.05, 3.63) is 35.5 Å². The minimum Gasteiger partial charge on any atom is -0.226 e. The number of hydrogen-bond acceptors (Lipinski definition) is 5. The summed E-state index contributed by atoms with van der Waals surface area (Å²) < 4.78 is 1.79. The fourth-order valence-electron chi connectivity index (χ4n) is 2.03. The van der Waals surface area contributed by atoms with Gasteiger partial charge >= 0.3 is 0 Å². The van der Waals surface area contributed by atoms with Crippen LogP contribution in [0.3, 0.4) is 0 Å². The maximum absolute atomic E-state index is 4.56. The SMILES string of the molecule is Cc1cccc(-n2ncc(-c3nnn(C)n3)c2S)c1C. The molecular formula is C13H14N6S. The predicted molar refractivity (Wildman–Crippen MR) is 78.1 cm³/mol. The van der Waals surface area contributed by atoms with Crippen molar-refractivity contribution in [1.82, 2.24) is 30.0 Å². The van der Waals surface area contributed by atoms with Crippen molar-refractivity contribution in [3.63, 3.8) is 0 Å². The molecule has 0 fully saturated rings. The molecule has 2 heterocycles. The molecule has 0 amide bonds. The second-order valence-electron chi connectivity index (χ2n) is 4.62. The van der Waals surface area contributed by atoms with E-state index in [4.69, 9.17) is 0 Å². The summed E-state index contributed by atoms with van der Waals surface area (Å²) in [5.74, 6) is 0.522. The first-order chi connectivity index (χ1) is 9.58. The van der Waals surface area contributed by atoms with Gasteiger partial charge in [-0.2, -0.15) is 9.90 Å². The van der Waals surface area contributed by atoms with Gasteiger partial charge in [0.2, 0.25) is 5.82 Å². The van der Waals surface area contributed by atoms with Crippen LogP contribution >= 0.6 is 12.6 Å². The van der Waals surface area contributed by atoms with Crippen LogP contribution in [-0.4, -0.2) is 30.0 Å². The van der Waals surface area contributed by atoms with Crippen molar-refractivity contribution < 1.29 is 0 Å². The summed E-state index contributed by atoms with van der Waals surface area (Å²) in [5, 5.41) is 17.1. The van der Waals surface area contributed by atoms with Crippen molar-refractivity contribution in [2.45, 2.75) is 18.9 Å². The summed E-state index contributed by atoms with van der Waals surface area (Å²) in [6, 6.07) is 6.10. The van der Waals surface area contributed by atoms with E-state index in [1.807, 2.05) is 12.1 Å². The van der Waals surface area contributed by atoms with Crippen LogP contribution in [0, 0.1) is 13.8 Å². The Bertz CT molecular complexity index is 773. The van der Waals surface area contributed by atoms with Crippen LogP contribution in [0.5, 0.6) is 0 Å². The lowest BCUT2D eigenvalue weighted by molar-refractivity contribution is 0.630. The topological polar surface area (TPSA) is 61.4 Å². The van der Waals surface area contributed by atoms with Crippen molar-refractivity contribution in [2.24, 2.45) is 7.05 Å². The van der Waals surface area contributed by atoms with Crippen molar-refractivity contribution in [2.75, 3.05) is 0 Å². The standard InChI is InChI=1S/C13H14N6S/c1-8-5-4-6-11(9(8)2)19-13(20)10(7-14-19)12-15-17-18(3)16-12/h4-7,20H,1-3H3. The summed E-state index contributed by atoms with van der Waals surface area (Å²) in [4.78, 5) is 1.41. The van der Waals surface area contributed by atoms with Crippen LogP contribution in [0.4, 0.5) is 0 Å². The Morgan fingerprint density at radius 3 is 2.70 bits per heavy atom. The van der Waals surface area contributed by atoms with E-state index in [0.29, 0.717) is 10.9 Å². The summed E-state index contributed by atoms with van der Waals surface area (Å²) in [7, 11) is 1.73. The van der Waals surface area contributed by atoms with Crippen molar-refractivity contribution in [1.29, 1.82) is 0 Å². The molecule has 1 aromatic carbocycles. The molecule has 0 radical (unpaired) electrons. The van der Waals surface area contributed by atoms with Gasteiger partial charge in [0.1, 0.15) is 5.03 Å². The van der Waals surface area contributed by atoms with Crippen LogP contribution < -0.4 is 0 Å². The van der Waals surface area contributed by atoms with Gasteiger partial charge in [-0.15, -0.1) is 22.8 Å². The van der Waals surface area contributed by atoms with Crippen LogP contribution in [0.25, 0.3) is 17.1 Å². The first kappa shape index (κ1) is 12.9. The van der Waals surface area contributed by atoms with E-state index in [2.05, 4.69) is 53.1 Å². The van der Waals surface area contributed by atoms with Crippen LogP contribution in [0.15, 0.2) is 29.4 Å². The molecule has 0 aliphatic heterocycles. The Morgan fingerprint density at radius 1 is 1.20 bits per heavy atom. The zero-order valence-electron chi connectivity index (χ0n) is 11.4. The first-order valence-corrected chi connectivity index (χ1v) is 6.60. The van der Waals surface area contributed by atoms with Gasteiger partial charge in [-0.05, 0) is 36.3 Å². The molecule has 0 saturated heterocycles. The van der Waals surface area contributed by atoms with E-state index >= 15 is 0 Å². The lowest BCUT2D eigenvalue weighted by atomic mass is 10.1. The maximum Gasteiger partial charge on any atom is 0.209 e. The Morgan fingerprint density at radius 2 is 2.00 bits per heavy atom. The minimum absolute atomic E-state index is 0.522. The predicted octanol–water partition coefficient (Wildman–Crippen LogP) is 1.97.